The van der Waals surface area contributed by atoms with Gasteiger partial charge in [-0.05, 0) is 148 Å². The summed E-state index contributed by atoms with van der Waals surface area (Å²) in [5.41, 5.74) is 19.7. The molecule has 0 radical (unpaired) electrons. The van der Waals surface area contributed by atoms with Crippen molar-refractivity contribution in [1.29, 1.82) is 0 Å². The van der Waals surface area contributed by atoms with Crippen LogP contribution in [-0.4, -0.2) is 28.3 Å². The quantitative estimate of drug-likeness (QED) is 0.127. The molecule has 1 fully saturated rings. The zero-order valence-corrected chi connectivity index (χ0v) is 40.2. The summed E-state index contributed by atoms with van der Waals surface area (Å²) in [4.78, 5) is 9.19. The number of hydrogen-bond acceptors (Lipinski definition) is 5. The molecule has 0 saturated carbocycles. The number of hydrogen-bond donors (Lipinski definition) is 0. The first-order chi connectivity index (χ1) is 33.3. The van der Waals surface area contributed by atoms with Crippen LogP contribution >= 0.6 is 11.6 Å². The van der Waals surface area contributed by atoms with Crippen molar-refractivity contribution in [3.8, 4) is 78.5 Å². The molecule has 0 amide bonds. The summed E-state index contributed by atoms with van der Waals surface area (Å²) >= 11 is 6.52. The fourth-order valence-electron chi connectivity index (χ4n) is 11.6. The van der Waals surface area contributed by atoms with Gasteiger partial charge in [-0.3, -0.25) is 0 Å². The predicted octanol–water partition coefficient (Wildman–Crippen LogP) is 14.9. The Morgan fingerprint density at radius 2 is 1.03 bits per heavy atom. The molecule has 69 heavy (non-hydrogen) atoms. The third-order valence-electron chi connectivity index (χ3n) is 15.8. The van der Waals surface area contributed by atoms with E-state index in [-0.39, 0.29) is 10.7 Å². The number of ether oxygens (including phenoxy) is 1. The number of nitrogens with zero attached hydrogens (tertiary/aromatic N) is 2. The summed E-state index contributed by atoms with van der Waals surface area (Å²) in [6, 6.07) is 65.6. The summed E-state index contributed by atoms with van der Waals surface area (Å²) < 4.78 is 20.1. The van der Waals surface area contributed by atoms with Gasteiger partial charge >= 0.3 is 7.12 Å². The largest absolute Gasteiger partial charge is 0.494 e. The second-order valence-electron chi connectivity index (χ2n) is 20.5. The van der Waals surface area contributed by atoms with Gasteiger partial charge in [-0.25, -0.2) is 9.97 Å². The lowest BCUT2D eigenvalue weighted by atomic mass is 9.64. The van der Waals surface area contributed by atoms with Crippen molar-refractivity contribution in [2.75, 3.05) is 0 Å². The molecule has 7 heteroatoms. The van der Waals surface area contributed by atoms with Gasteiger partial charge in [0.15, 0.2) is 0 Å². The van der Waals surface area contributed by atoms with Crippen molar-refractivity contribution in [3.05, 3.63) is 221 Å². The fraction of sp³-hybridized carbons (Fsp3) is 0.161. The SMILES string of the molecule is CC1(C)c2ccc(-c3cccc4c3-c3ccccc3C43c4ccccc4Oc4ccc(B5OC(C)(C)C(C)(C)O5)cc43)cc2-c2ccc(-c3cccc(-c4cc(-c5ccccc5)nc(Cl)n4)c3)cc21. The number of rotatable bonds is 5. The highest BCUT2D eigenvalue weighted by Crippen LogP contribution is 2.63. The second kappa shape index (κ2) is 15.0. The van der Waals surface area contributed by atoms with Gasteiger partial charge in [-0.1, -0.05) is 159 Å². The Hall–Kier alpha value is -7.09. The number of fused-ring (bicyclic) bond motifs is 12. The van der Waals surface area contributed by atoms with E-state index in [1.165, 1.54) is 55.6 Å². The van der Waals surface area contributed by atoms with E-state index in [2.05, 4.69) is 197 Å². The molecule has 13 rings (SSSR count). The molecule has 1 saturated heterocycles. The van der Waals surface area contributed by atoms with E-state index in [9.17, 15) is 0 Å². The molecule has 2 aliphatic heterocycles. The van der Waals surface area contributed by atoms with Crippen molar-refractivity contribution in [1.82, 2.24) is 9.97 Å². The molecule has 1 atom stereocenters. The number of para-hydroxylation sites is 1. The normalized spacial score (nSPS) is 18.2. The molecule has 4 aliphatic rings. The molecule has 5 nitrogen and oxygen atoms in total. The van der Waals surface area contributed by atoms with Gasteiger partial charge in [-0.15, -0.1) is 0 Å². The van der Waals surface area contributed by atoms with Gasteiger partial charge in [0, 0.05) is 27.7 Å². The minimum Gasteiger partial charge on any atom is -0.457 e. The molecular weight excluding hydrogens is 867 g/mol. The van der Waals surface area contributed by atoms with E-state index in [0.29, 0.717) is 0 Å². The van der Waals surface area contributed by atoms with Crippen LogP contribution in [0.3, 0.4) is 0 Å². The smallest absolute Gasteiger partial charge is 0.457 e. The van der Waals surface area contributed by atoms with E-state index in [1.54, 1.807) is 0 Å². The van der Waals surface area contributed by atoms with Crippen LogP contribution in [0.2, 0.25) is 5.28 Å². The molecule has 0 bridgehead atoms. The molecule has 2 aliphatic carbocycles. The standard InChI is InChI=1S/C62H48BClN2O3/c1-59(2)47-30-27-40(33-46(47)44-29-26-39(34-51(44)59)38-18-14-19-41(32-38)54-36-53(65-58(64)66-54)37-16-8-7-9-17-37)43-21-15-24-50-57(43)45-20-10-11-22-48(45)62(50)49-23-12-13-25-55(49)67-56-31-28-42(35-52(56)62)63-68-60(3,4)61(5,6)69-63/h7-36H,1-6H3. The van der Waals surface area contributed by atoms with Crippen LogP contribution in [0.1, 0.15) is 74.9 Å². The first kappa shape index (κ1) is 42.1. The highest BCUT2D eigenvalue weighted by Gasteiger charge is 2.55. The Morgan fingerprint density at radius 1 is 0.406 bits per heavy atom. The average Bonchev–Trinajstić information content (AvgIpc) is 3.88. The minimum atomic E-state index is -0.658. The van der Waals surface area contributed by atoms with Crippen LogP contribution < -0.4 is 10.2 Å². The van der Waals surface area contributed by atoms with E-state index >= 15 is 0 Å². The van der Waals surface area contributed by atoms with Gasteiger partial charge in [0.05, 0.1) is 28.0 Å². The molecule has 1 spiro atoms. The lowest BCUT2D eigenvalue weighted by molar-refractivity contribution is 0.00578. The summed E-state index contributed by atoms with van der Waals surface area (Å²) in [7, 11) is -0.519. The summed E-state index contributed by atoms with van der Waals surface area (Å²) in [5, 5.41) is 0.226. The highest BCUT2D eigenvalue weighted by atomic mass is 35.5. The number of aromatic nitrogens is 2. The Balaban J connectivity index is 0.923. The highest BCUT2D eigenvalue weighted by molar-refractivity contribution is 6.62. The lowest BCUT2D eigenvalue weighted by Gasteiger charge is -2.39. The fourth-order valence-corrected chi connectivity index (χ4v) is 11.8. The third-order valence-corrected chi connectivity index (χ3v) is 15.9. The van der Waals surface area contributed by atoms with Crippen molar-refractivity contribution < 1.29 is 14.0 Å². The number of halogens is 1. The Kier molecular flexibility index (Phi) is 9.12. The van der Waals surface area contributed by atoms with Crippen molar-refractivity contribution in [2.24, 2.45) is 0 Å². The van der Waals surface area contributed by atoms with Crippen molar-refractivity contribution >= 4 is 24.2 Å². The Bertz CT molecular complexity index is 3600. The second-order valence-corrected chi connectivity index (χ2v) is 20.8. The summed E-state index contributed by atoms with van der Waals surface area (Å²) in [6.07, 6.45) is 0. The van der Waals surface area contributed by atoms with Crippen LogP contribution in [0.15, 0.2) is 182 Å². The van der Waals surface area contributed by atoms with Crippen LogP contribution in [0.25, 0.3) is 67.0 Å². The van der Waals surface area contributed by atoms with Crippen molar-refractivity contribution in [2.45, 2.75) is 63.6 Å². The zero-order valence-electron chi connectivity index (χ0n) is 39.4. The molecular formula is C62H48BClN2O3. The molecule has 8 aromatic carbocycles. The van der Waals surface area contributed by atoms with E-state index in [4.69, 9.17) is 25.6 Å². The molecule has 3 heterocycles. The van der Waals surface area contributed by atoms with Crippen LogP contribution in [0.5, 0.6) is 11.5 Å². The molecule has 1 aromatic heterocycles. The molecule has 1 unspecified atom stereocenters. The number of benzene rings is 8. The van der Waals surface area contributed by atoms with Crippen LogP contribution in [-0.2, 0) is 20.1 Å². The maximum atomic E-state index is 6.81. The van der Waals surface area contributed by atoms with Crippen LogP contribution in [0, 0.1) is 0 Å². The van der Waals surface area contributed by atoms with E-state index in [0.717, 1.165) is 61.7 Å². The first-order valence-corrected chi connectivity index (χ1v) is 24.2. The lowest BCUT2D eigenvalue weighted by Crippen LogP contribution is -2.41. The zero-order chi connectivity index (χ0) is 47.0. The third kappa shape index (κ3) is 6.18. The first-order valence-electron chi connectivity index (χ1n) is 23.8. The predicted molar refractivity (Wildman–Crippen MR) is 279 cm³/mol. The monoisotopic (exact) mass is 914 g/mol. The van der Waals surface area contributed by atoms with Gasteiger partial charge in [0.1, 0.15) is 11.5 Å². The summed E-state index contributed by atoms with van der Waals surface area (Å²) in [6.45, 7) is 13.1. The topological polar surface area (TPSA) is 53.5 Å². The van der Waals surface area contributed by atoms with Crippen LogP contribution in [0.4, 0.5) is 0 Å². The Morgan fingerprint density at radius 3 is 1.84 bits per heavy atom. The van der Waals surface area contributed by atoms with Gasteiger partial charge < -0.3 is 14.0 Å². The van der Waals surface area contributed by atoms with Gasteiger partial charge in [-0.2, -0.15) is 0 Å². The molecule has 9 aromatic rings. The maximum Gasteiger partial charge on any atom is 0.494 e. The molecule has 334 valence electrons. The Labute approximate surface area is 408 Å². The van der Waals surface area contributed by atoms with Gasteiger partial charge in [0.2, 0.25) is 5.28 Å². The van der Waals surface area contributed by atoms with Crippen molar-refractivity contribution in [3.63, 3.8) is 0 Å². The van der Waals surface area contributed by atoms with Gasteiger partial charge in [0.25, 0.3) is 0 Å². The molecule has 0 N–H and O–H groups in total. The van der Waals surface area contributed by atoms with E-state index < -0.39 is 23.7 Å². The minimum absolute atomic E-state index is 0.221. The summed E-state index contributed by atoms with van der Waals surface area (Å²) in [5.74, 6) is 1.69. The maximum absolute atomic E-state index is 6.81. The van der Waals surface area contributed by atoms with E-state index in [1.807, 2.05) is 36.4 Å². The average molecular weight is 915 g/mol.